The average Bonchev–Trinajstić information content (AvgIpc) is 1.79. The number of hydrogen-bond acceptors (Lipinski definition) is 20. The molecular weight excluding hydrogens is 1170 g/mol. The van der Waals surface area contributed by atoms with E-state index in [0.29, 0.717) is 17.9 Å². The van der Waals surface area contributed by atoms with Crippen molar-refractivity contribution >= 4 is 62.8 Å². The molecule has 2 amide bonds. The van der Waals surface area contributed by atoms with Crippen LogP contribution in [0.3, 0.4) is 0 Å². The standard InChI is InChI=1S/C44H54N7O8P.C14H18N5O7P/c1-28(2)40(52)48-43-47-39-38(41(53)49-43)46-27-50(39)42-37(59-60(57-24-12-23-45)51(29(3)4)30(5)6)25-36(58-42)26-56-44(31-13-10-9-11-14-31,32-15-19-34(54-7)20-16-32)33-17-21-35(55-8)22-18-33;1-6(2)11(21)17-14-16-10-9(12(22)18-14)15-5-19(10)13-8(26-27(23)24)3-7(4-20)25-13/h9-11,13-22,27-30,36-37,42H,12,24-26H2,1-8H3,(H2,47,48,49,52,53);5-8,13,20H,3-4H2,1-2H3,(H2-,16,17,18,21,22,23,24)/p+1/t36-,37+,42+,60?;7-,8+,13+/m00/s1. The molecule has 4 aromatic heterocycles. The first-order valence-electron chi connectivity index (χ1n) is 28.2. The molecule has 0 bridgehead atoms. The molecule has 2 aliphatic heterocycles. The molecule has 0 aliphatic carbocycles. The van der Waals surface area contributed by atoms with Crippen molar-refractivity contribution in [3.63, 3.8) is 0 Å². The summed E-state index contributed by atoms with van der Waals surface area (Å²) < 4.78 is 65.4. The zero-order chi connectivity index (χ0) is 62.7. The van der Waals surface area contributed by atoms with Gasteiger partial charge in [0.1, 0.15) is 23.2 Å². The molecule has 27 nitrogen and oxygen atoms in total. The number of carbonyl (C=O) groups is 2. The van der Waals surface area contributed by atoms with Gasteiger partial charge in [0.25, 0.3) is 19.6 Å². The number of nitrogens with one attached hydrogen (secondary N) is 4. The number of H-pyrrole nitrogens is 2. The molecule has 6 heterocycles. The van der Waals surface area contributed by atoms with E-state index in [4.69, 9.17) is 42.1 Å². The summed E-state index contributed by atoms with van der Waals surface area (Å²) in [6.45, 7) is 15.1. The van der Waals surface area contributed by atoms with Crippen LogP contribution in [-0.2, 0) is 47.5 Å². The van der Waals surface area contributed by atoms with Crippen molar-refractivity contribution in [1.29, 1.82) is 5.26 Å². The number of methoxy groups -OCH3 is 2. The van der Waals surface area contributed by atoms with Crippen molar-refractivity contribution in [2.75, 3.05) is 44.7 Å². The minimum absolute atomic E-state index is 0.000676. The molecule has 2 fully saturated rings. The van der Waals surface area contributed by atoms with E-state index in [9.17, 15) is 34.1 Å². The lowest BCUT2D eigenvalue weighted by Gasteiger charge is -2.37. The first kappa shape index (κ1) is 65.5. The van der Waals surface area contributed by atoms with Crippen LogP contribution in [0.5, 0.6) is 11.5 Å². The Labute approximate surface area is 503 Å². The van der Waals surface area contributed by atoms with Gasteiger partial charge in [0, 0.05) is 41.3 Å². The minimum atomic E-state index is -2.90. The van der Waals surface area contributed by atoms with Crippen LogP contribution in [0.4, 0.5) is 11.9 Å². The fourth-order valence-electron chi connectivity index (χ4n) is 10.0. The number of aliphatic hydroxyl groups excluding tert-OH is 1. The monoisotopic (exact) mass is 1240 g/mol. The number of aromatic nitrogens is 8. The Kier molecular flexibility index (Phi) is 22.2. The lowest BCUT2D eigenvalue weighted by molar-refractivity contribution is -0.119. The maximum absolute atomic E-state index is 13.3. The molecule has 6 N–H and O–H groups in total. The number of nitrogens with zero attached hydrogens (tertiary/aromatic N) is 8. The van der Waals surface area contributed by atoms with Crippen LogP contribution in [0.1, 0.15) is 104 Å². The maximum Gasteiger partial charge on any atom is 0.695 e. The molecule has 9 rings (SSSR count). The molecule has 3 aromatic carbocycles. The smallest absolute Gasteiger partial charge is 0.497 e. The van der Waals surface area contributed by atoms with Gasteiger partial charge in [-0.1, -0.05) is 82.3 Å². The van der Waals surface area contributed by atoms with Crippen LogP contribution < -0.4 is 31.2 Å². The number of carbonyl (C=O) groups excluding carboxylic acids is 2. The van der Waals surface area contributed by atoms with E-state index in [0.717, 1.165) is 16.7 Å². The van der Waals surface area contributed by atoms with Crippen molar-refractivity contribution in [2.24, 2.45) is 11.8 Å². The average molecular weight is 1240 g/mol. The Morgan fingerprint density at radius 3 is 1.68 bits per heavy atom. The van der Waals surface area contributed by atoms with Gasteiger partial charge in [0.05, 0.1) is 71.4 Å². The lowest BCUT2D eigenvalue weighted by Crippen LogP contribution is -2.36. The molecule has 2 unspecified atom stereocenters. The van der Waals surface area contributed by atoms with Crippen molar-refractivity contribution in [3.05, 3.63) is 129 Å². The Bertz CT molecular complexity index is 3580. The summed E-state index contributed by atoms with van der Waals surface area (Å²) in [5.74, 6) is 0.0222. The second kappa shape index (κ2) is 29.5. The first-order valence-corrected chi connectivity index (χ1v) is 30.5. The first-order chi connectivity index (χ1) is 41.7. The van der Waals surface area contributed by atoms with E-state index in [1.165, 1.54) is 17.2 Å². The second-order valence-corrected chi connectivity index (χ2v) is 23.7. The van der Waals surface area contributed by atoms with Gasteiger partial charge in [-0.15, -0.1) is 9.42 Å². The summed E-state index contributed by atoms with van der Waals surface area (Å²) in [6, 6.07) is 27.9. The topological polar surface area (TPSA) is 344 Å². The van der Waals surface area contributed by atoms with E-state index in [1.807, 2.05) is 78.9 Å². The van der Waals surface area contributed by atoms with Crippen LogP contribution in [0.2, 0.25) is 0 Å². The van der Waals surface area contributed by atoms with Gasteiger partial charge in [0.2, 0.25) is 23.7 Å². The molecule has 2 aliphatic rings. The van der Waals surface area contributed by atoms with Gasteiger partial charge in [0.15, 0.2) is 40.9 Å². The molecule has 8 atom stereocenters. The van der Waals surface area contributed by atoms with Crippen molar-refractivity contribution in [3.8, 4) is 17.6 Å². The number of nitriles is 1. The van der Waals surface area contributed by atoms with E-state index in [1.54, 1.807) is 46.5 Å². The molecule has 87 heavy (non-hydrogen) atoms. The van der Waals surface area contributed by atoms with E-state index >= 15 is 0 Å². The van der Waals surface area contributed by atoms with E-state index in [2.05, 4.69) is 79.0 Å². The predicted molar refractivity (Wildman–Crippen MR) is 320 cm³/mol. The normalized spacial score (nSPS) is 19.2. The van der Waals surface area contributed by atoms with Gasteiger partial charge in [-0.25, -0.2) is 14.6 Å². The number of anilines is 2. The highest BCUT2D eigenvalue weighted by molar-refractivity contribution is 7.44. The van der Waals surface area contributed by atoms with Gasteiger partial charge in [-0.2, -0.15) is 15.2 Å². The highest BCUT2D eigenvalue weighted by atomic mass is 31.2. The van der Waals surface area contributed by atoms with Crippen LogP contribution in [0.15, 0.2) is 101 Å². The SMILES string of the molecule is CC(C)C(=O)Nc1nc2c(ncn2[C@@H]2O[C@H](CO)C[C@H]2O[P+](=O)O)c(=O)[nH]1.COc1ccc(C(OC[C@@H]2C[C@@H](OP(OCCC#N)N(C(C)C)C(C)C)[C@H](n3cnc4c(=O)[nH]c(NC(=O)C(C)C)nc43)O2)(c2ccccc2)c2ccc(OC)cc2)cc1. The minimum Gasteiger partial charge on any atom is -0.497 e. The van der Waals surface area contributed by atoms with Crippen LogP contribution >= 0.6 is 16.8 Å². The Morgan fingerprint density at radius 2 is 1.23 bits per heavy atom. The number of benzene rings is 3. The maximum atomic E-state index is 13.3. The molecule has 0 spiro atoms. The van der Waals surface area contributed by atoms with Crippen molar-refractivity contribution in [2.45, 2.75) is 129 Å². The molecule has 464 valence electrons. The van der Waals surface area contributed by atoms with Gasteiger partial charge in [-0.3, -0.25) is 48.9 Å². The van der Waals surface area contributed by atoms with E-state index < -0.39 is 70.4 Å². The van der Waals surface area contributed by atoms with Gasteiger partial charge >= 0.3 is 8.25 Å². The number of ether oxygens (including phenoxy) is 5. The Morgan fingerprint density at radius 1 is 0.759 bits per heavy atom. The second-order valence-electron chi connectivity index (χ2n) is 21.6. The highest BCUT2D eigenvalue weighted by Crippen LogP contribution is 2.51. The number of imidazole rings is 2. The number of aliphatic hydroxyl groups is 1. The highest BCUT2D eigenvalue weighted by Gasteiger charge is 2.46. The number of rotatable bonds is 25. The third-order valence-electron chi connectivity index (χ3n) is 14.2. The van der Waals surface area contributed by atoms with Crippen LogP contribution in [0, 0.1) is 23.2 Å². The summed E-state index contributed by atoms with van der Waals surface area (Å²) in [5, 5.41) is 23.9. The summed E-state index contributed by atoms with van der Waals surface area (Å²) in [6.07, 6.45) is -0.983. The molecule has 7 aromatic rings. The number of hydrogen-bond donors (Lipinski definition) is 6. The Hall–Kier alpha value is -7.44. The number of aromatic amines is 2. The summed E-state index contributed by atoms with van der Waals surface area (Å²) in [7, 11) is -1.36. The lowest BCUT2D eigenvalue weighted by atomic mass is 9.80. The van der Waals surface area contributed by atoms with Crippen molar-refractivity contribution in [1.82, 2.24) is 43.7 Å². The Balaban J connectivity index is 0.000000302. The number of amides is 2. The fourth-order valence-corrected chi connectivity index (χ4v) is 12.2. The quantitative estimate of drug-likeness (QED) is 0.0181. The van der Waals surface area contributed by atoms with Crippen LogP contribution in [-0.4, -0.2) is 136 Å². The zero-order valence-corrected chi connectivity index (χ0v) is 51.6. The van der Waals surface area contributed by atoms with Gasteiger partial charge in [-0.05, 0) is 68.7 Å². The fraction of sp³-hybridized carbons (Fsp3) is 0.466. The predicted octanol–water partition coefficient (Wildman–Crippen LogP) is 7.72. The number of fused-ring (bicyclic) bond motifs is 2. The molecular formula is C58H73N12O15P2+. The largest absolute Gasteiger partial charge is 0.695 e. The molecule has 0 saturated carbocycles. The summed E-state index contributed by atoms with van der Waals surface area (Å²) in [4.78, 5) is 81.5. The van der Waals surface area contributed by atoms with E-state index in [-0.39, 0.29) is 103 Å². The zero-order valence-electron chi connectivity index (χ0n) is 49.9. The third-order valence-corrected chi connectivity index (χ3v) is 16.8. The summed E-state index contributed by atoms with van der Waals surface area (Å²) >= 11 is 0. The molecule has 0 radical (unpaired) electrons. The molecule has 29 heteroatoms. The summed E-state index contributed by atoms with van der Waals surface area (Å²) in [5.41, 5.74) is 0.782. The molecule has 2 saturated heterocycles. The van der Waals surface area contributed by atoms with Gasteiger partial charge < -0.3 is 37.8 Å². The van der Waals surface area contributed by atoms with Crippen molar-refractivity contribution < 1.29 is 61.4 Å². The third kappa shape index (κ3) is 15.3. The van der Waals surface area contributed by atoms with Crippen LogP contribution in [0.25, 0.3) is 22.3 Å².